The summed E-state index contributed by atoms with van der Waals surface area (Å²) in [6, 6.07) is 11.2. The van der Waals surface area contributed by atoms with E-state index in [0.29, 0.717) is 11.3 Å². The van der Waals surface area contributed by atoms with Gasteiger partial charge in [0.2, 0.25) is 0 Å². The molecular formula is C15H12N6O. The predicted octanol–water partition coefficient (Wildman–Crippen LogP) is 2.70. The molecule has 1 unspecified atom stereocenters. The van der Waals surface area contributed by atoms with Gasteiger partial charge in [-0.2, -0.15) is 10.4 Å². The SMILES string of the molecule is COc1ccc(-c2cc(C3N=CN=N3)c(C#N)c(N)n2)cc1. The van der Waals surface area contributed by atoms with Gasteiger partial charge >= 0.3 is 0 Å². The third kappa shape index (κ3) is 2.38. The van der Waals surface area contributed by atoms with Crippen LogP contribution in [0, 0.1) is 11.3 Å². The van der Waals surface area contributed by atoms with Crippen molar-refractivity contribution in [1.82, 2.24) is 4.98 Å². The normalized spacial score (nSPS) is 15.7. The molecular weight excluding hydrogens is 280 g/mol. The zero-order chi connectivity index (χ0) is 15.5. The number of azo groups is 1. The van der Waals surface area contributed by atoms with E-state index in [1.54, 1.807) is 13.2 Å². The summed E-state index contributed by atoms with van der Waals surface area (Å²) >= 11 is 0. The number of nitrogen functional groups attached to an aromatic ring is 1. The number of rotatable bonds is 3. The largest absolute Gasteiger partial charge is 0.497 e. The molecule has 0 saturated heterocycles. The summed E-state index contributed by atoms with van der Waals surface area (Å²) in [5.74, 6) is 0.905. The smallest absolute Gasteiger partial charge is 0.189 e. The van der Waals surface area contributed by atoms with Crippen LogP contribution in [0.5, 0.6) is 5.75 Å². The number of nitrogens with two attached hydrogens (primary N) is 1. The molecule has 0 bridgehead atoms. The van der Waals surface area contributed by atoms with Gasteiger partial charge in [0, 0.05) is 11.1 Å². The topological polar surface area (TPSA) is 109 Å². The standard InChI is InChI=1S/C15H12N6O/c1-22-10-4-2-9(3-5-10)13-6-11(15-18-8-19-21-15)12(7-16)14(17)20-13/h2-6,8,15H,1H3,(H2,17,20). The van der Waals surface area contributed by atoms with Crippen LogP contribution in [0.25, 0.3) is 11.3 Å². The van der Waals surface area contributed by atoms with Crippen molar-refractivity contribution >= 4 is 12.2 Å². The molecule has 0 aliphatic carbocycles. The Morgan fingerprint density at radius 2 is 2.05 bits per heavy atom. The van der Waals surface area contributed by atoms with Crippen LogP contribution in [0.15, 0.2) is 45.6 Å². The number of aromatic nitrogens is 1. The Balaban J connectivity index is 2.10. The first-order valence-electron chi connectivity index (χ1n) is 6.49. The van der Waals surface area contributed by atoms with E-state index >= 15 is 0 Å². The maximum absolute atomic E-state index is 9.28. The first kappa shape index (κ1) is 13.7. The molecule has 7 heteroatoms. The molecule has 1 aromatic carbocycles. The van der Waals surface area contributed by atoms with E-state index < -0.39 is 6.17 Å². The van der Waals surface area contributed by atoms with Crippen molar-refractivity contribution in [2.24, 2.45) is 15.2 Å². The van der Waals surface area contributed by atoms with Gasteiger partial charge in [0.15, 0.2) is 6.17 Å². The van der Waals surface area contributed by atoms with Gasteiger partial charge in [0.05, 0.1) is 12.8 Å². The summed E-state index contributed by atoms with van der Waals surface area (Å²) in [6.45, 7) is 0. The van der Waals surface area contributed by atoms with Crippen molar-refractivity contribution in [3.63, 3.8) is 0 Å². The molecule has 1 aromatic heterocycles. The zero-order valence-electron chi connectivity index (χ0n) is 11.8. The predicted molar refractivity (Wildman–Crippen MR) is 81.4 cm³/mol. The lowest BCUT2D eigenvalue weighted by Crippen LogP contribution is -2.03. The molecule has 0 radical (unpaired) electrons. The lowest BCUT2D eigenvalue weighted by atomic mass is 10.0. The van der Waals surface area contributed by atoms with Crippen LogP contribution in [0.1, 0.15) is 17.3 Å². The third-order valence-electron chi connectivity index (χ3n) is 3.29. The minimum Gasteiger partial charge on any atom is -0.497 e. The van der Waals surface area contributed by atoms with Crippen molar-refractivity contribution in [3.8, 4) is 23.1 Å². The van der Waals surface area contributed by atoms with Gasteiger partial charge in [-0.25, -0.2) is 9.98 Å². The fourth-order valence-electron chi connectivity index (χ4n) is 2.18. The molecule has 0 saturated carbocycles. The van der Waals surface area contributed by atoms with E-state index in [0.717, 1.165) is 11.3 Å². The molecule has 1 aliphatic heterocycles. The fourth-order valence-corrected chi connectivity index (χ4v) is 2.18. The Morgan fingerprint density at radius 3 is 2.64 bits per heavy atom. The van der Waals surface area contributed by atoms with Crippen LogP contribution in [0.2, 0.25) is 0 Å². The monoisotopic (exact) mass is 292 g/mol. The molecule has 0 fully saturated rings. The van der Waals surface area contributed by atoms with Crippen molar-refractivity contribution in [3.05, 3.63) is 41.5 Å². The first-order valence-corrected chi connectivity index (χ1v) is 6.49. The molecule has 2 heterocycles. The number of nitrogens with zero attached hydrogens (tertiary/aromatic N) is 5. The maximum Gasteiger partial charge on any atom is 0.189 e. The summed E-state index contributed by atoms with van der Waals surface area (Å²) < 4.78 is 5.14. The van der Waals surface area contributed by atoms with Crippen molar-refractivity contribution in [1.29, 1.82) is 5.26 Å². The van der Waals surface area contributed by atoms with Crippen LogP contribution >= 0.6 is 0 Å². The summed E-state index contributed by atoms with van der Waals surface area (Å²) in [5.41, 5.74) is 8.29. The van der Waals surface area contributed by atoms with Crippen LogP contribution in [-0.2, 0) is 0 Å². The second-order valence-electron chi connectivity index (χ2n) is 4.57. The summed E-state index contributed by atoms with van der Waals surface area (Å²) in [7, 11) is 1.61. The van der Waals surface area contributed by atoms with Gasteiger partial charge in [-0.15, -0.1) is 5.11 Å². The van der Waals surface area contributed by atoms with E-state index in [1.807, 2.05) is 24.3 Å². The zero-order valence-corrected chi connectivity index (χ0v) is 11.8. The van der Waals surface area contributed by atoms with Crippen LogP contribution in [-0.4, -0.2) is 18.4 Å². The van der Waals surface area contributed by atoms with Crippen molar-refractivity contribution in [2.75, 3.05) is 12.8 Å². The number of hydrogen-bond donors (Lipinski definition) is 1. The molecule has 0 amide bonds. The molecule has 0 spiro atoms. The fraction of sp³-hybridized carbons (Fsp3) is 0.133. The Kier molecular flexibility index (Phi) is 3.50. The average molecular weight is 292 g/mol. The molecule has 1 aliphatic rings. The lowest BCUT2D eigenvalue weighted by Gasteiger charge is -2.11. The van der Waals surface area contributed by atoms with Crippen molar-refractivity contribution < 1.29 is 4.74 Å². The van der Waals surface area contributed by atoms with Gasteiger partial charge in [-0.1, -0.05) is 0 Å². The highest BCUT2D eigenvalue weighted by Gasteiger charge is 2.20. The van der Waals surface area contributed by atoms with E-state index in [1.165, 1.54) is 6.34 Å². The summed E-state index contributed by atoms with van der Waals surface area (Å²) in [6.07, 6.45) is 0.812. The molecule has 7 nitrogen and oxygen atoms in total. The van der Waals surface area contributed by atoms with Gasteiger partial charge in [0.25, 0.3) is 0 Å². The minimum atomic E-state index is -0.544. The first-order chi connectivity index (χ1) is 10.7. The highest BCUT2D eigenvalue weighted by atomic mass is 16.5. The Morgan fingerprint density at radius 1 is 1.27 bits per heavy atom. The number of methoxy groups -OCH3 is 1. The number of pyridine rings is 1. The Bertz CT molecular complexity index is 792. The van der Waals surface area contributed by atoms with Gasteiger partial charge in [-0.05, 0) is 30.3 Å². The second-order valence-corrected chi connectivity index (χ2v) is 4.57. The van der Waals surface area contributed by atoms with Crippen molar-refractivity contribution in [2.45, 2.75) is 6.17 Å². The number of nitriles is 1. The molecule has 2 N–H and O–H groups in total. The quantitative estimate of drug-likeness (QED) is 0.937. The van der Waals surface area contributed by atoms with Crippen LogP contribution in [0.4, 0.5) is 5.82 Å². The number of anilines is 1. The lowest BCUT2D eigenvalue weighted by molar-refractivity contribution is 0.415. The second kappa shape index (κ2) is 5.61. The van der Waals surface area contributed by atoms with E-state index in [-0.39, 0.29) is 11.4 Å². The van der Waals surface area contributed by atoms with Gasteiger partial charge in [0.1, 0.15) is 29.5 Å². The Hall–Kier alpha value is -3.27. The molecule has 108 valence electrons. The number of ether oxygens (including phenoxy) is 1. The van der Waals surface area contributed by atoms with E-state index in [2.05, 4.69) is 26.3 Å². The van der Waals surface area contributed by atoms with Crippen LogP contribution < -0.4 is 10.5 Å². The number of hydrogen-bond acceptors (Lipinski definition) is 7. The maximum atomic E-state index is 9.28. The molecule has 1 atom stereocenters. The van der Waals surface area contributed by atoms with Gasteiger partial charge in [-0.3, -0.25) is 0 Å². The van der Waals surface area contributed by atoms with Crippen LogP contribution in [0.3, 0.4) is 0 Å². The molecule has 2 aromatic rings. The third-order valence-corrected chi connectivity index (χ3v) is 3.29. The number of benzene rings is 1. The molecule has 3 rings (SSSR count). The van der Waals surface area contributed by atoms with E-state index in [4.69, 9.17) is 10.5 Å². The average Bonchev–Trinajstić information content (AvgIpc) is 3.08. The minimum absolute atomic E-state index is 0.156. The summed E-state index contributed by atoms with van der Waals surface area (Å²) in [4.78, 5) is 8.40. The number of aliphatic imine (C=N–C) groups is 1. The highest BCUT2D eigenvalue weighted by molar-refractivity contribution is 5.68. The van der Waals surface area contributed by atoms with E-state index in [9.17, 15) is 5.26 Å². The highest BCUT2D eigenvalue weighted by Crippen LogP contribution is 2.32. The van der Waals surface area contributed by atoms with Gasteiger partial charge < -0.3 is 10.5 Å². The summed E-state index contributed by atoms with van der Waals surface area (Å²) in [5, 5.41) is 17.0. The Labute approximate surface area is 126 Å². The molecule has 22 heavy (non-hydrogen) atoms.